The topological polar surface area (TPSA) is 42.5 Å². The molecular weight excluding hydrogens is 332 g/mol. The average Bonchev–Trinajstić information content (AvgIpc) is 2.56. The van der Waals surface area contributed by atoms with Crippen LogP contribution in [-0.2, 0) is 0 Å². The molecule has 0 spiro atoms. The summed E-state index contributed by atoms with van der Waals surface area (Å²) in [6.45, 7) is 3.21. The van der Waals surface area contributed by atoms with Crippen LogP contribution in [0.3, 0.4) is 0 Å². The molecule has 0 amide bonds. The maximum absolute atomic E-state index is 5.87. The molecule has 1 aliphatic heterocycles. The highest BCUT2D eigenvalue weighted by Gasteiger charge is 2.15. The first-order chi connectivity index (χ1) is 11.1. The number of rotatable bonds is 3. The van der Waals surface area contributed by atoms with E-state index in [0.29, 0.717) is 23.3 Å². The Hall–Kier alpha value is -1.98. The van der Waals surface area contributed by atoms with Gasteiger partial charge in [0.15, 0.2) is 16.6 Å². The molecule has 0 radical (unpaired) electrons. The first-order valence-electron chi connectivity index (χ1n) is 7.34. The van der Waals surface area contributed by atoms with Gasteiger partial charge < -0.3 is 20.1 Å². The highest BCUT2D eigenvalue weighted by Crippen LogP contribution is 2.32. The molecule has 1 unspecified atom stereocenters. The summed E-state index contributed by atoms with van der Waals surface area (Å²) in [5.74, 6) is 1.56. The van der Waals surface area contributed by atoms with Gasteiger partial charge in [-0.3, -0.25) is 0 Å². The Balaban J connectivity index is 1.63. The van der Waals surface area contributed by atoms with Crippen LogP contribution in [0.1, 0.15) is 18.5 Å². The van der Waals surface area contributed by atoms with Gasteiger partial charge in [0.05, 0.1) is 6.04 Å². The number of nitrogens with one attached hydrogen (secondary N) is 2. The lowest BCUT2D eigenvalue weighted by Gasteiger charge is -2.22. The molecule has 0 saturated heterocycles. The third kappa shape index (κ3) is 4.06. The zero-order valence-electron chi connectivity index (χ0n) is 12.6. The lowest BCUT2D eigenvalue weighted by atomic mass is 10.1. The van der Waals surface area contributed by atoms with Crippen molar-refractivity contribution < 1.29 is 9.47 Å². The van der Waals surface area contributed by atoms with E-state index in [1.165, 1.54) is 0 Å². The minimum Gasteiger partial charge on any atom is -0.486 e. The van der Waals surface area contributed by atoms with Crippen LogP contribution < -0.4 is 20.1 Å². The molecule has 0 bridgehead atoms. The Morgan fingerprint density at radius 1 is 1.09 bits per heavy atom. The standard InChI is InChI=1S/C17H17ClN2O2S/c1-11(12-2-7-15-16(10-12)22-9-8-21-15)19-17(23)20-14-5-3-13(18)4-6-14/h2-7,10-11H,8-9H2,1H3,(H2,19,20,23). The highest BCUT2D eigenvalue weighted by molar-refractivity contribution is 7.80. The summed E-state index contributed by atoms with van der Waals surface area (Å²) >= 11 is 11.2. The van der Waals surface area contributed by atoms with Crippen molar-refractivity contribution >= 4 is 34.6 Å². The van der Waals surface area contributed by atoms with Crippen molar-refractivity contribution in [3.05, 3.63) is 53.1 Å². The number of hydrogen-bond donors (Lipinski definition) is 2. The molecule has 2 N–H and O–H groups in total. The van der Waals surface area contributed by atoms with Crippen molar-refractivity contribution in [3.63, 3.8) is 0 Å². The number of thiocarbonyl (C=S) groups is 1. The van der Waals surface area contributed by atoms with Gasteiger partial charge in [-0.15, -0.1) is 0 Å². The van der Waals surface area contributed by atoms with Gasteiger partial charge >= 0.3 is 0 Å². The normalized spacial score (nSPS) is 14.0. The van der Waals surface area contributed by atoms with Crippen LogP contribution >= 0.6 is 23.8 Å². The molecule has 6 heteroatoms. The maximum Gasteiger partial charge on any atom is 0.171 e. The van der Waals surface area contributed by atoms with Gasteiger partial charge in [-0.05, 0) is 61.1 Å². The SMILES string of the molecule is CC(NC(=S)Nc1ccc(Cl)cc1)c1ccc2c(c1)OCCO2. The predicted octanol–water partition coefficient (Wildman–Crippen LogP) is 4.16. The first kappa shape index (κ1) is 15.9. The largest absolute Gasteiger partial charge is 0.486 e. The minimum absolute atomic E-state index is 0.0399. The fourth-order valence-corrected chi connectivity index (χ4v) is 2.73. The molecule has 1 heterocycles. The van der Waals surface area contributed by atoms with Crippen LogP contribution in [-0.4, -0.2) is 18.3 Å². The average molecular weight is 349 g/mol. The van der Waals surface area contributed by atoms with Crippen LogP contribution in [0.5, 0.6) is 11.5 Å². The molecule has 0 saturated carbocycles. The van der Waals surface area contributed by atoms with E-state index in [1.54, 1.807) is 0 Å². The van der Waals surface area contributed by atoms with E-state index >= 15 is 0 Å². The summed E-state index contributed by atoms with van der Waals surface area (Å²) in [6, 6.07) is 13.4. The van der Waals surface area contributed by atoms with Crippen LogP contribution in [0, 0.1) is 0 Å². The summed E-state index contributed by atoms with van der Waals surface area (Å²) in [5.41, 5.74) is 1.97. The summed E-state index contributed by atoms with van der Waals surface area (Å²) in [4.78, 5) is 0. The van der Waals surface area contributed by atoms with Gasteiger partial charge in [0.25, 0.3) is 0 Å². The van der Waals surface area contributed by atoms with Gasteiger partial charge in [-0.25, -0.2) is 0 Å². The Bertz CT molecular complexity index is 706. The Kier molecular flexibility index (Phi) is 4.88. The molecule has 120 valence electrons. The number of fused-ring (bicyclic) bond motifs is 1. The molecular formula is C17H17ClN2O2S. The summed E-state index contributed by atoms with van der Waals surface area (Å²) in [5, 5.41) is 7.64. The van der Waals surface area contributed by atoms with E-state index < -0.39 is 0 Å². The van der Waals surface area contributed by atoms with Crippen LogP contribution in [0.4, 0.5) is 5.69 Å². The molecule has 3 rings (SSSR count). The van der Waals surface area contributed by atoms with Gasteiger partial charge in [-0.1, -0.05) is 17.7 Å². The van der Waals surface area contributed by atoms with Crippen molar-refractivity contribution in [3.8, 4) is 11.5 Å². The number of hydrogen-bond acceptors (Lipinski definition) is 3. The molecule has 23 heavy (non-hydrogen) atoms. The number of halogens is 1. The highest BCUT2D eigenvalue weighted by atomic mass is 35.5. The monoisotopic (exact) mass is 348 g/mol. The maximum atomic E-state index is 5.87. The second-order valence-corrected chi connectivity index (χ2v) is 6.07. The Morgan fingerprint density at radius 2 is 1.78 bits per heavy atom. The molecule has 2 aromatic rings. The van der Waals surface area contributed by atoms with E-state index in [0.717, 1.165) is 22.7 Å². The molecule has 1 aliphatic rings. The Morgan fingerprint density at radius 3 is 2.52 bits per heavy atom. The summed E-state index contributed by atoms with van der Waals surface area (Å²) in [7, 11) is 0. The van der Waals surface area contributed by atoms with E-state index in [2.05, 4.69) is 10.6 Å². The summed E-state index contributed by atoms with van der Waals surface area (Å²) < 4.78 is 11.1. The number of ether oxygens (including phenoxy) is 2. The minimum atomic E-state index is 0.0399. The van der Waals surface area contributed by atoms with Gasteiger partial charge in [-0.2, -0.15) is 0 Å². The van der Waals surface area contributed by atoms with Crippen molar-refractivity contribution in [1.29, 1.82) is 0 Å². The molecule has 4 nitrogen and oxygen atoms in total. The molecule has 1 atom stereocenters. The third-order valence-corrected chi connectivity index (χ3v) is 3.99. The Labute approximate surface area is 145 Å². The van der Waals surface area contributed by atoms with E-state index in [-0.39, 0.29) is 6.04 Å². The van der Waals surface area contributed by atoms with Gasteiger partial charge in [0, 0.05) is 10.7 Å². The van der Waals surface area contributed by atoms with Crippen molar-refractivity contribution in [2.75, 3.05) is 18.5 Å². The second kappa shape index (κ2) is 7.06. The smallest absolute Gasteiger partial charge is 0.171 e. The van der Waals surface area contributed by atoms with Crippen LogP contribution in [0.2, 0.25) is 5.02 Å². The third-order valence-electron chi connectivity index (χ3n) is 3.52. The summed E-state index contributed by atoms with van der Waals surface area (Å²) in [6.07, 6.45) is 0. The molecule has 2 aromatic carbocycles. The molecule has 0 aliphatic carbocycles. The van der Waals surface area contributed by atoms with Crippen LogP contribution in [0.25, 0.3) is 0 Å². The van der Waals surface area contributed by atoms with Crippen LogP contribution in [0.15, 0.2) is 42.5 Å². The number of benzene rings is 2. The van der Waals surface area contributed by atoms with Gasteiger partial charge in [0.2, 0.25) is 0 Å². The fraction of sp³-hybridized carbons (Fsp3) is 0.235. The fourth-order valence-electron chi connectivity index (χ4n) is 2.31. The first-order valence-corrected chi connectivity index (χ1v) is 8.13. The van der Waals surface area contributed by atoms with Crippen molar-refractivity contribution in [1.82, 2.24) is 5.32 Å². The lowest BCUT2D eigenvalue weighted by Crippen LogP contribution is -2.31. The van der Waals surface area contributed by atoms with Gasteiger partial charge in [0.1, 0.15) is 13.2 Å². The van der Waals surface area contributed by atoms with Crippen molar-refractivity contribution in [2.24, 2.45) is 0 Å². The van der Waals surface area contributed by atoms with Crippen molar-refractivity contribution in [2.45, 2.75) is 13.0 Å². The van der Waals surface area contributed by atoms with E-state index in [1.807, 2.05) is 49.4 Å². The predicted molar refractivity (Wildman–Crippen MR) is 96.7 cm³/mol. The molecule has 0 fully saturated rings. The zero-order valence-corrected chi connectivity index (χ0v) is 14.2. The second-order valence-electron chi connectivity index (χ2n) is 5.23. The zero-order chi connectivity index (χ0) is 16.2. The lowest BCUT2D eigenvalue weighted by molar-refractivity contribution is 0.171. The van der Waals surface area contributed by atoms with E-state index in [4.69, 9.17) is 33.3 Å². The quantitative estimate of drug-likeness (QED) is 0.815. The van der Waals surface area contributed by atoms with E-state index in [9.17, 15) is 0 Å². The number of anilines is 1. The molecule has 0 aromatic heterocycles.